The molecule has 2 aliphatic rings. The Hall–Kier alpha value is -6.98. The molecule has 260 valence electrons. The van der Waals surface area contributed by atoms with E-state index in [9.17, 15) is 0 Å². The zero-order valence-electron chi connectivity index (χ0n) is 30.6. The molecule has 2 aliphatic heterocycles. The van der Waals surface area contributed by atoms with Crippen LogP contribution in [0.3, 0.4) is 0 Å². The van der Waals surface area contributed by atoms with Crippen LogP contribution in [0, 0.1) is 13.8 Å². The molecule has 0 radical (unpaired) electrons. The summed E-state index contributed by atoms with van der Waals surface area (Å²) in [5.74, 6) is 0. The van der Waals surface area contributed by atoms with Crippen LogP contribution in [0.25, 0.3) is 21.9 Å². The van der Waals surface area contributed by atoms with Crippen LogP contribution in [-0.2, 0) is 0 Å². The predicted octanol–water partition coefficient (Wildman–Crippen LogP) is 11.8. The molecule has 0 N–H and O–H groups in total. The maximum Gasteiger partial charge on any atom is 0.252 e. The second kappa shape index (κ2) is 12.3. The van der Waals surface area contributed by atoms with Crippen molar-refractivity contribution in [2.45, 2.75) is 13.8 Å². The number of furan rings is 1. The Bertz CT molecular complexity index is 2920. The van der Waals surface area contributed by atoms with Gasteiger partial charge in [0.05, 0.1) is 0 Å². The van der Waals surface area contributed by atoms with Gasteiger partial charge in [-0.15, -0.1) is 0 Å². The maximum absolute atomic E-state index is 6.26. The quantitative estimate of drug-likeness (QED) is 0.166. The van der Waals surface area contributed by atoms with Gasteiger partial charge in [-0.05, 0) is 121 Å². The molecule has 0 amide bonds. The molecule has 0 atom stereocenters. The number of aryl methyl sites for hydroxylation is 2. The minimum atomic E-state index is 0.0469. The van der Waals surface area contributed by atoms with Crippen LogP contribution in [0.2, 0.25) is 0 Å². The third-order valence-corrected chi connectivity index (χ3v) is 11.3. The normalized spacial score (nSPS) is 12.8. The Labute approximate surface area is 321 Å². The minimum absolute atomic E-state index is 0.0469. The first-order valence-corrected chi connectivity index (χ1v) is 19.0. The fraction of sp³-hybridized carbons (Fsp3) is 0.0400. The molecule has 55 heavy (non-hydrogen) atoms. The molecule has 0 aliphatic carbocycles. The maximum atomic E-state index is 6.26. The second-order valence-electron chi connectivity index (χ2n) is 14.7. The molecule has 0 bridgehead atoms. The van der Waals surface area contributed by atoms with Crippen molar-refractivity contribution in [3.63, 3.8) is 0 Å². The molecule has 5 heteroatoms. The molecule has 0 fully saturated rings. The smallest absolute Gasteiger partial charge is 0.252 e. The van der Waals surface area contributed by atoms with Crippen molar-refractivity contribution < 1.29 is 4.42 Å². The van der Waals surface area contributed by atoms with E-state index in [0.717, 1.165) is 50.4 Å². The van der Waals surface area contributed by atoms with Crippen LogP contribution >= 0.6 is 0 Å². The van der Waals surface area contributed by atoms with Crippen molar-refractivity contribution in [3.05, 3.63) is 193 Å². The monoisotopic (exact) mass is 705 g/mol. The average Bonchev–Trinajstić information content (AvgIpc) is 3.60. The first-order chi connectivity index (χ1) is 27.1. The highest BCUT2D eigenvalue weighted by molar-refractivity contribution is 7.00. The van der Waals surface area contributed by atoms with E-state index in [1.54, 1.807) is 0 Å². The molecule has 0 spiro atoms. The van der Waals surface area contributed by atoms with Gasteiger partial charge in [0.25, 0.3) is 6.71 Å². The van der Waals surface area contributed by atoms with Gasteiger partial charge in [-0.25, -0.2) is 0 Å². The van der Waals surface area contributed by atoms with Gasteiger partial charge >= 0.3 is 0 Å². The minimum Gasteiger partial charge on any atom is -0.456 e. The topological polar surface area (TPSA) is 22.9 Å². The third-order valence-electron chi connectivity index (χ3n) is 11.3. The van der Waals surface area contributed by atoms with Crippen molar-refractivity contribution in [3.8, 4) is 0 Å². The summed E-state index contributed by atoms with van der Waals surface area (Å²) in [5.41, 5.74) is 18.5. The van der Waals surface area contributed by atoms with E-state index < -0.39 is 0 Å². The summed E-state index contributed by atoms with van der Waals surface area (Å²) >= 11 is 0. The van der Waals surface area contributed by atoms with Gasteiger partial charge in [-0.1, -0.05) is 102 Å². The van der Waals surface area contributed by atoms with Gasteiger partial charge in [0.2, 0.25) is 0 Å². The first-order valence-electron chi connectivity index (χ1n) is 19.0. The summed E-state index contributed by atoms with van der Waals surface area (Å²) in [6.45, 7) is 4.40. The Kier molecular flexibility index (Phi) is 7.05. The Morgan fingerprint density at radius 1 is 0.418 bits per heavy atom. The van der Waals surface area contributed by atoms with Gasteiger partial charge in [0.1, 0.15) is 11.2 Å². The van der Waals surface area contributed by atoms with Gasteiger partial charge in [-0.2, -0.15) is 0 Å². The van der Waals surface area contributed by atoms with E-state index in [1.165, 1.54) is 50.3 Å². The molecule has 4 nitrogen and oxygen atoms in total. The van der Waals surface area contributed by atoms with Crippen LogP contribution in [0.5, 0.6) is 0 Å². The van der Waals surface area contributed by atoms with Crippen molar-refractivity contribution in [2.24, 2.45) is 0 Å². The molecule has 11 rings (SSSR count). The Balaban J connectivity index is 1.16. The summed E-state index contributed by atoms with van der Waals surface area (Å²) in [7, 11) is 0. The van der Waals surface area contributed by atoms with E-state index in [2.05, 4.69) is 198 Å². The van der Waals surface area contributed by atoms with E-state index in [1.807, 2.05) is 12.1 Å². The van der Waals surface area contributed by atoms with Crippen molar-refractivity contribution in [1.29, 1.82) is 0 Å². The van der Waals surface area contributed by atoms with Crippen LogP contribution in [0.15, 0.2) is 186 Å². The molecule has 8 aromatic carbocycles. The number of hydrogen-bond acceptors (Lipinski definition) is 4. The highest BCUT2D eigenvalue weighted by Crippen LogP contribution is 2.46. The number of nitrogens with zero attached hydrogens (tertiary/aromatic N) is 3. The van der Waals surface area contributed by atoms with E-state index in [4.69, 9.17) is 4.42 Å². The summed E-state index contributed by atoms with van der Waals surface area (Å²) in [5, 5.41) is 2.22. The highest BCUT2D eigenvalue weighted by atomic mass is 16.3. The highest BCUT2D eigenvalue weighted by Gasteiger charge is 2.43. The van der Waals surface area contributed by atoms with E-state index in [0.29, 0.717) is 0 Å². The number of fused-ring (bicyclic) bond motifs is 7. The molecule has 0 saturated carbocycles. The van der Waals surface area contributed by atoms with Gasteiger partial charge in [-0.3, -0.25) is 0 Å². The number of hydrogen-bond donors (Lipinski definition) is 0. The average molecular weight is 706 g/mol. The summed E-state index contributed by atoms with van der Waals surface area (Å²) in [6.07, 6.45) is 0. The number of anilines is 9. The number of rotatable bonds is 5. The van der Waals surface area contributed by atoms with Crippen LogP contribution in [-0.4, -0.2) is 6.71 Å². The molecule has 9 aromatic rings. The van der Waals surface area contributed by atoms with Crippen LogP contribution in [0.4, 0.5) is 51.2 Å². The van der Waals surface area contributed by atoms with E-state index in [-0.39, 0.29) is 6.71 Å². The van der Waals surface area contributed by atoms with Crippen molar-refractivity contribution in [1.82, 2.24) is 0 Å². The van der Waals surface area contributed by atoms with Gasteiger partial charge in [0, 0.05) is 62.0 Å². The second-order valence-corrected chi connectivity index (χ2v) is 14.7. The number of benzene rings is 8. The summed E-state index contributed by atoms with van der Waals surface area (Å²) in [4.78, 5) is 7.30. The lowest BCUT2D eigenvalue weighted by molar-refractivity contribution is 0.669. The molecular weight excluding hydrogens is 669 g/mol. The van der Waals surface area contributed by atoms with Crippen LogP contribution in [0.1, 0.15) is 11.1 Å². The zero-order valence-corrected chi connectivity index (χ0v) is 30.6. The lowest BCUT2D eigenvalue weighted by atomic mass is 9.33. The van der Waals surface area contributed by atoms with Gasteiger partial charge in [0.15, 0.2) is 0 Å². The summed E-state index contributed by atoms with van der Waals surface area (Å²) in [6, 6.07) is 66.1. The lowest BCUT2D eigenvalue weighted by Gasteiger charge is -2.44. The lowest BCUT2D eigenvalue weighted by Crippen LogP contribution is -2.61. The molecule has 0 unspecified atom stereocenters. The predicted molar refractivity (Wildman–Crippen MR) is 232 cm³/mol. The molecule has 3 heterocycles. The standard InChI is InChI=1S/C50H36BN3O/c1-33-20-23-37(24-21-33)53-44-28-22-34(2)30-43(44)51-42-27-25-39(32-47(42)54(36-14-7-4-8-15-36)46-18-11-17-45(53)50(46)51)52(35-12-5-3-6-13-35)38-26-29-49-41(31-38)40-16-9-10-19-48(40)55-49/h3-32H,1-2H3. The van der Waals surface area contributed by atoms with E-state index >= 15 is 0 Å². The van der Waals surface area contributed by atoms with Crippen molar-refractivity contribution >= 4 is 96.2 Å². The fourth-order valence-electron chi connectivity index (χ4n) is 8.89. The molecule has 1 aromatic heterocycles. The fourth-order valence-corrected chi connectivity index (χ4v) is 8.89. The SMILES string of the molecule is Cc1ccc(N2c3ccc(C)cc3B3c4ccc(N(c5ccccc5)c5ccc6oc7ccccc7c6c5)cc4N(c4ccccc4)c4cccc2c43)cc1. The largest absolute Gasteiger partial charge is 0.456 e. The Morgan fingerprint density at radius 3 is 1.85 bits per heavy atom. The molecular formula is C50H36BN3O. The summed E-state index contributed by atoms with van der Waals surface area (Å²) < 4.78 is 6.26. The number of para-hydroxylation sites is 3. The third kappa shape index (κ3) is 4.93. The Morgan fingerprint density at radius 2 is 1.05 bits per heavy atom. The van der Waals surface area contributed by atoms with Gasteiger partial charge < -0.3 is 19.1 Å². The molecule has 0 saturated heterocycles. The van der Waals surface area contributed by atoms with Crippen molar-refractivity contribution in [2.75, 3.05) is 14.7 Å². The first kappa shape index (κ1) is 31.5. The van der Waals surface area contributed by atoms with Crippen LogP contribution < -0.4 is 31.1 Å². The zero-order chi connectivity index (χ0) is 36.6.